The van der Waals surface area contributed by atoms with Crippen molar-refractivity contribution in [2.75, 3.05) is 17.3 Å². The van der Waals surface area contributed by atoms with Crippen molar-refractivity contribution in [2.24, 2.45) is 0 Å². The Morgan fingerprint density at radius 3 is 2.51 bits per heavy atom. The summed E-state index contributed by atoms with van der Waals surface area (Å²) in [6, 6.07) is 21.2. The third-order valence-electron chi connectivity index (χ3n) is 7.44. The third-order valence-corrected chi connectivity index (χ3v) is 7.44. The van der Waals surface area contributed by atoms with Crippen LogP contribution in [0.4, 0.5) is 20.2 Å². The molecule has 0 aromatic heterocycles. The molecule has 5 nitrogen and oxygen atoms in total. The predicted octanol–water partition coefficient (Wildman–Crippen LogP) is 6.18. The van der Waals surface area contributed by atoms with Gasteiger partial charge in [-0.25, -0.2) is 8.78 Å². The average molecular weight is 504 g/mol. The lowest BCUT2D eigenvalue weighted by molar-refractivity contribution is -0.118. The smallest absolute Gasteiger partial charge is 0.255 e. The molecule has 192 valence electrons. The van der Waals surface area contributed by atoms with E-state index in [9.17, 15) is 18.4 Å². The van der Waals surface area contributed by atoms with E-state index in [0.29, 0.717) is 43.5 Å². The van der Waals surface area contributed by atoms with Gasteiger partial charge in [0.1, 0.15) is 0 Å². The summed E-state index contributed by atoms with van der Waals surface area (Å²) in [7, 11) is 1.75. The second kappa shape index (κ2) is 10.4. The van der Waals surface area contributed by atoms with Gasteiger partial charge in [-0.3, -0.25) is 9.59 Å². The minimum absolute atomic E-state index is 0.0240. The van der Waals surface area contributed by atoms with Crippen LogP contribution in [-0.2, 0) is 17.8 Å². The number of carbonyl (C=O) groups excluding carboxylic acids is 2. The first kappa shape index (κ1) is 25.1. The van der Waals surface area contributed by atoms with Crippen LogP contribution >= 0.6 is 0 Å². The summed E-state index contributed by atoms with van der Waals surface area (Å²) in [5.74, 6) is -2.75. The molecule has 3 aromatic rings. The average Bonchev–Trinajstić information content (AvgIpc) is 2.91. The first-order chi connectivity index (χ1) is 17.8. The zero-order chi connectivity index (χ0) is 26.0. The molecule has 0 radical (unpaired) electrons. The van der Waals surface area contributed by atoms with Crippen LogP contribution in [0.5, 0.6) is 0 Å². The molecule has 0 atom stereocenters. The van der Waals surface area contributed by atoms with Crippen LogP contribution < -0.4 is 15.5 Å². The van der Waals surface area contributed by atoms with Gasteiger partial charge in [-0.2, -0.15) is 0 Å². The first-order valence-electron chi connectivity index (χ1n) is 12.8. The highest BCUT2D eigenvalue weighted by Crippen LogP contribution is 2.34. The number of anilines is 2. The number of amides is 2. The van der Waals surface area contributed by atoms with Crippen LogP contribution in [0.2, 0.25) is 0 Å². The van der Waals surface area contributed by atoms with Crippen molar-refractivity contribution in [3.8, 4) is 11.1 Å². The lowest BCUT2D eigenvalue weighted by atomic mass is 9.91. The summed E-state index contributed by atoms with van der Waals surface area (Å²) in [5, 5.41) is 6.41. The molecule has 0 spiro atoms. The third kappa shape index (κ3) is 5.72. The Kier molecular flexibility index (Phi) is 7.07. The molecule has 1 saturated carbocycles. The fourth-order valence-electron chi connectivity index (χ4n) is 5.19. The second-order valence-corrected chi connectivity index (χ2v) is 10.00. The second-order valence-electron chi connectivity index (χ2n) is 10.00. The van der Waals surface area contributed by atoms with E-state index in [1.54, 1.807) is 18.0 Å². The number of fused-ring (bicyclic) bond motifs is 1. The van der Waals surface area contributed by atoms with E-state index in [1.165, 1.54) is 0 Å². The maximum atomic E-state index is 13.6. The normalized spacial score (nSPS) is 17.4. The maximum absolute atomic E-state index is 13.6. The van der Waals surface area contributed by atoms with Crippen molar-refractivity contribution in [2.45, 2.75) is 57.0 Å². The van der Waals surface area contributed by atoms with E-state index < -0.39 is 5.92 Å². The standard InChI is InChI=1S/C30H31F2N3O2/c1-35-27-18-25(10-7-21(27)9-12-28(35)36)34-29(37)22-8-11-26(20-5-3-2-4-6-20)23(17-22)19-33-24-13-15-30(31,32)16-14-24/h2-8,10-11,17-18,24,33H,9,12-16,19H2,1H3,(H,34,37). The van der Waals surface area contributed by atoms with Gasteiger partial charge in [0.2, 0.25) is 11.8 Å². The lowest BCUT2D eigenvalue weighted by Gasteiger charge is -2.29. The molecule has 1 aliphatic heterocycles. The molecule has 0 unspecified atom stereocenters. The van der Waals surface area contributed by atoms with Crippen molar-refractivity contribution in [3.63, 3.8) is 0 Å². The SMILES string of the molecule is CN1C(=O)CCc2ccc(NC(=O)c3ccc(-c4ccccc4)c(CNC4CCC(F)(F)CC4)c3)cc21. The fourth-order valence-corrected chi connectivity index (χ4v) is 5.19. The summed E-state index contributed by atoms with van der Waals surface area (Å²) in [6.07, 6.45) is 1.86. The molecule has 1 fully saturated rings. The van der Waals surface area contributed by atoms with Crippen LogP contribution in [0.15, 0.2) is 66.7 Å². The molecule has 2 aliphatic rings. The van der Waals surface area contributed by atoms with Crippen LogP contribution in [0.25, 0.3) is 11.1 Å². The van der Waals surface area contributed by atoms with Gasteiger partial charge >= 0.3 is 0 Å². The number of carbonyl (C=O) groups is 2. The zero-order valence-electron chi connectivity index (χ0n) is 20.9. The Morgan fingerprint density at radius 1 is 1.00 bits per heavy atom. The van der Waals surface area contributed by atoms with Crippen molar-refractivity contribution >= 4 is 23.2 Å². The van der Waals surface area contributed by atoms with Crippen LogP contribution in [0.3, 0.4) is 0 Å². The Balaban J connectivity index is 1.36. The van der Waals surface area contributed by atoms with Crippen molar-refractivity contribution in [1.82, 2.24) is 5.32 Å². The van der Waals surface area contributed by atoms with Gasteiger partial charge in [0.15, 0.2) is 0 Å². The molecule has 1 aliphatic carbocycles. The van der Waals surface area contributed by atoms with Gasteiger partial charge < -0.3 is 15.5 Å². The molecule has 37 heavy (non-hydrogen) atoms. The summed E-state index contributed by atoms with van der Waals surface area (Å²) in [4.78, 5) is 26.9. The van der Waals surface area contributed by atoms with Crippen LogP contribution in [0.1, 0.15) is 53.6 Å². The molecule has 3 aromatic carbocycles. The zero-order valence-corrected chi connectivity index (χ0v) is 20.9. The van der Waals surface area contributed by atoms with E-state index in [1.807, 2.05) is 60.7 Å². The van der Waals surface area contributed by atoms with Gasteiger partial charge in [-0.05, 0) is 65.8 Å². The summed E-state index contributed by atoms with van der Waals surface area (Å²) < 4.78 is 27.2. The molecular weight excluding hydrogens is 472 g/mol. The first-order valence-corrected chi connectivity index (χ1v) is 12.8. The Labute approximate surface area is 215 Å². The number of benzene rings is 3. The van der Waals surface area contributed by atoms with Gasteiger partial charge in [0.25, 0.3) is 5.91 Å². The summed E-state index contributed by atoms with van der Waals surface area (Å²) >= 11 is 0. The van der Waals surface area contributed by atoms with Crippen LogP contribution in [-0.4, -0.2) is 30.8 Å². The number of hydrogen-bond acceptors (Lipinski definition) is 3. The summed E-state index contributed by atoms with van der Waals surface area (Å²) in [5.41, 5.74) is 6.00. The number of halogens is 2. The van der Waals surface area contributed by atoms with E-state index >= 15 is 0 Å². The Bertz CT molecular complexity index is 1300. The van der Waals surface area contributed by atoms with Crippen molar-refractivity contribution in [1.29, 1.82) is 0 Å². The van der Waals surface area contributed by atoms with Crippen LogP contribution in [0, 0.1) is 0 Å². The number of alkyl halides is 2. The molecule has 1 heterocycles. The highest BCUT2D eigenvalue weighted by atomic mass is 19.3. The molecule has 0 bridgehead atoms. The van der Waals surface area contributed by atoms with Gasteiger partial charge in [0, 0.05) is 55.8 Å². The highest BCUT2D eigenvalue weighted by Gasteiger charge is 2.34. The number of nitrogens with zero attached hydrogens (tertiary/aromatic N) is 1. The minimum atomic E-state index is -2.57. The van der Waals surface area contributed by atoms with E-state index in [0.717, 1.165) is 27.9 Å². The van der Waals surface area contributed by atoms with E-state index in [2.05, 4.69) is 10.6 Å². The van der Waals surface area contributed by atoms with Crippen molar-refractivity contribution < 1.29 is 18.4 Å². The molecule has 2 amide bonds. The van der Waals surface area contributed by atoms with Gasteiger partial charge in [-0.1, -0.05) is 42.5 Å². The number of rotatable bonds is 6. The molecule has 2 N–H and O–H groups in total. The molecule has 0 saturated heterocycles. The topological polar surface area (TPSA) is 61.4 Å². The monoisotopic (exact) mass is 503 g/mol. The lowest BCUT2D eigenvalue weighted by Crippen LogP contribution is -2.36. The highest BCUT2D eigenvalue weighted by molar-refractivity contribution is 6.05. The number of aryl methyl sites for hydroxylation is 1. The maximum Gasteiger partial charge on any atom is 0.255 e. The predicted molar refractivity (Wildman–Crippen MR) is 142 cm³/mol. The fraction of sp³-hybridized carbons (Fsp3) is 0.333. The number of nitrogens with one attached hydrogen (secondary N) is 2. The molecule has 7 heteroatoms. The number of hydrogen-bond donors (Lipinski definition) is 2. The molecular formula is C30H31F2N3O2. The van der Waals surface area contributed by atoms with Gasteiger partial charge in [-0.15, -0.1) is 0 Å². The minimum Gasteiger partial charge on any atom is -0.322 e. The van der Waals surface area contributed by atoms with Crippen molar-refractivity contribution in [3.05, 3.63) is 83.4 Å². The largest absolute Gasteiger partial charge is 0.322 e. The summed E-state index contributed by atoms with van der Waals surface area (Å²) in [6.45, 7) is 0.480. The Morgan fingerprint density at radius 2 is 1.76 bits per heavy atom. The molecule has 5 rings (SSSR count). The Hall–Kier alpha value is -3.58. The quantitative estimate of drug-likeness (QED) is 0.422. The van der Waals surface area contributed by atoms with E-state index in [4.69, 9.17) is 0 Å². The van der Waals surface area contributed by atoms with E-state index in [-0.39, 0.29) is 30.7 Å². The van der Waals surface area contributed by atoms with Gasteiger partial charge in [0.05, 0.1) is 0 Å².